The molecule has 1 aliphatic carbocycles. The Bertz CT molecular complexity index is 561. The van der Waals surface area contributed by atoms with Gasteiger partial charge in [-0.3, -0.25) is 0 Å². The summed E-state index contributed by atoms with van der Waals surface area (Å²) in [7, 11) is 2.13. The summed E-state index contributed by atoms with van der Waals surface area (Å²) in [6.07, 6.45) is 2.76. The molecule has 0 spiro atoms. The second kappa shape index (κ2) is 4.79. The van der Waals surface area contributed by atoms with Crippen molar-refractivity contribution in [1.29, 1.82) is 0 Å². The van der Waals surface area contributed by atoms with E-state index in [0.29, 0.717) is 5.56 Å². The maximum atomic E-state index is 13.9. The van der Waals surface area contributed by atoms with Crippen molar-refractivity contribution in [2.45, 2.75) is 45.6 Å². The van der Waals surface area contributed by atoms with E-state index in [0.717, 1.165) is 43.5 Å². The highest BCUT2D eigenvalue weighted by molar-refractivity contribution is 5.44. The molecule has 1 aliphatic heterocycles. The summed E-state index contributed by atoms with van der Waals surface area (Å²) in [5.41, 5.74) is 1.53. The number of rotatable bonds is 1. The molecular formula is C18H26FNO. The van der Waals surface area contributed by atoms with Gasteiger partial charge >= 0.3 is 0 Å². The number of nitrogens with zero attached hydrogens (tertiary/aromatic N) is 1. The van der Waals surface area contributed by atoms with Crippen molar-refractivity contribution in [3.8, 4) is 0 Å². The normalized spacial score (nSPS) is 29.6. The van der Waals surface area contributed by atoms with Crippen LogP contribution >= 0.6 is 0 Å². The molecule has 1 heterocycles. The number of hydrogen-bond acceptors (Lipinski definition) is 2. The highest BCUT2D eigenvalue weighted by Gasteiger charge is 2.55. The zero-order valence-electron chi connectivity index (χ0n) is 13.5. The van der Waals surface area contributed by atoms with Crippen molar-refractivity contribution >= 4 is 0 Å². The lowest BCUT2D eigenvalue weighted by Crippen LogP contribution is -2.49. The number of benzene rings is 1. The molecule has 1 fully saturated rings. The van der Waals surface area contributed by atoms with Gasteiger partial charge < -0.3 is 10.0 Å². The fourth-order valence-electron chi connectivity index (χ4n) is 4.40. The van der Waals surface area contributed by atoms with Crippen LogP contribution < -0.4 is 0 Å². The fourth-order valence-corrected chi connectivity index (χ4v) is 4.40. The molecule has 0 aromatic heterocycles. The highest BCUT2D eigenvalue weighted by Crippen LogP contribution is 2.56. The molecule has 0 saturated carbocycles. The van der Waals surface area contributed by atoms with Crippen molar-refractivity contribution in [3.63, 3.8) is 0 Å². The van der Waals surface area contributed by atoms with Crippen LogP contribution in [0.5, 0.6) is 0 Å². The van der Waals surface area contributed by atoms with Gasteiger partial charge in [0.05, 0.1) is 5.60 Å². The molecule has 2 nitrogen and oxygen atoms in total. The minimum absolute atomic E-state index is 0.155. The Morgan fingerprint density at radius 1 is 1.24 bits per heavy atom. The molecule has 1 N–H and O–H groups in total. The second-order valence-electron chi connectivity index (χ2n) is 7.66. The maximum Gasteiger partial charge on any atom is 0.126 e. The monoisotopic (exact) mass is 291 g/mol. The van der Waals surface area contributed by atoms with E-state index in [1.807, 2.05) is 6.07 Å². The minimum atomic E-state index is -0.831. The van der Waals surface area contributed by atoms with E-state index in [9.17, 15) is 9.50 Å². The lowest BCUT2D eigenvalue weighted by molar-refractivity contribution is -0.121. The third-order valence-corrected chi connectivity index (χ3v) is 5.77. The van der Waals surface area contributed by atoms with E-state index in [4.69, 9.17) is 0 Å². The van der Waals surface area contributed by atoms with E-state index >= 15 is 0 Å². The van der Waals surface area contributed by atoms with E-state index in [2.05, 4.69) is 25.8 Å². The molecule has 0 radical (unpaired) electrons. The van der Waals surface area contributed by atoms with Crippen LogP contribution in [0, 0.1) is 24.1 Å². The first-order valence-corrected chi connectivity index (χ1v) is 7.96. The summed E-state index contributed by atoms with van der Waals surface area (Å²) < 4.78 is 13.9. The van der Waals surface area contributed by atoms with Gasteiger partial charge in [0, 0.05) is 5.41 Å². The molecule has 1 saturated heterocycles. The number of aliphatic hydroxyl groups is 1. The van der Waals surface area contributed by atoms with Gasteiger partial charge in [0.2, 0.25) is 0 Å². The third-order valence-electron chi connectivity index (χ3n) is 5.77. The Morgan fingerprint density at radius 2 is 1.86 bits per heavy atom. The molecule has 0 bridgehead atoms. The predicted molar refractivity (Wildman–Crippen MR) is 82.7 cm³/mol. The largest absolute Gasteiger partial charge is 0.384 e. The first-order chi connectivity index (χ1) is 9.75. The van der Waals surface area contributed by atoms with E-state index in [-0.39, 0.29) is 17.2 Å². The molecule has 1 aromatic carbocycles. The van der Waals surface area contributed by atoms with Crippen LogP contribution in [-0.2, 0) is 12.0 Å². The van der Waals surface area contributed by atoms with Gasteiger partial charge in [0.15, 0.2) is 0 Å². The standard InChI is InChI=1S/C18H26FNO/c1-12-9-15-13(10-16(12)19)11-17(2,3)18(15,21)14-5-7-20(4)8-6-14/h9-10,14,21H,5-8,11H2,1-4H3. The Morgan fingerprint density at radius 3 is 2.48 bits per heavy atom. The molecule has 1 aromatic rings. The van der Waals surface area contributed by atoms with E-state index < -0.39 is 5.60 Å². The molecular weight excluding hydrogens is 265 g/mol. The Balaban J connectivity index is 2.06. The van der Waals surface area contributed by atoms with Gasteiger partial charge in [0.25, 0.3) is 0 Å². The SMILES string of the molecule is Cc1cc2c(cc1F)CC(C)(C)C2(O)C1CCN(C)CC1. The fraction of sp³-hybridized carbons (Fsp3) is 0.667. The Hall–Kier alpha value is -0.930. The summed E-state index contributed by atoms with van der Waals surface area (Å²) in [6.45, 7) is 8.09. The molecule has 21 heavy (non-hydrogen) atoms. The molecule has 116 valence electrons. The first kappa shape index (κ1) is 15.0. The van der Waals surface area contributed by atoms with Crippen LogP contribution in [0.1, 0.15) is 43.4 Å². The number of hydrogen-bond donors (Lipinski definition) is 1. The quantitative estimate of drug-likeness (QED) is 0.858. The van der Waals surface area contributed by atoms with Crippen LogP contribution in [0.4, 0.5) is 4.39 Å². The van der Waals surface area contributed by atoms with Crippen LogP contribution in [-0.4, -0.2) is 30.1 Å². The summed E-state index contributed by atoms with van der Waals surface area (Å²) >= 11 is 0. The summed E-state index contributed by atoms with van der Waals surface area (Å²) in [6, 6.07) is 3.52. The Labute approximate surface area is 127 Å². The summed E-state index contributed by atoms with van der Waals surface area (Å²) in [5, 5.41) is 11.7. The minimum Gasteiger partial charge on any atom is -0.384 e. The van der Waals surface area contributed by atoms with Crippen molar-refractivity contribution in [1.82, 2.24) is 4.90 Å². The van der Waals surface area contributed by atoms with Crippen LogP contribution in [0.25, 0.3) is 0 Å². The van der Waals surface area contributed by atoms with Crippen molar-refractivity contribution in [3.05, 3.63) is 34.6 Å². The topological polar surface area (TPSA) is 23.5 Å². The Kier molecular flexibility index (Phi) is 3.42. The highest BCUT2D eigenvalue weighted by atomic mass is 19.1. The smallest absolute Gasteiger partial charge is 0.126 e. The van der Waals surface area contributed by atoms with Gasteiger partial charge in [-0.15, -0.1) is 0 Å². The molecule has 3 rings (SSSR count). The molecule has 3 heteroatoms. The van der Waals surface area contributed by atoms with Gasteiger partial charge in [-0.05, 0) is 81.1 Å². The molecule has 2 aliphatic rings. The van der Waals surface area contributed by atoms with Crippen molar-refractivity contribution in [2.75, 3.05) is 20.1 Å². The van der Waals surface area contributed by atoms with E-state index in [1.54, 1.807) is 13.0 Å². The third kappa shape index (κ3) is 2.13. The van der Waals surface area contributed by atoms with Crippen molar-refractivity contribution < 1.29 is 9.50 Å². The lowest BCUT2D eigenvalue weighted by Gasteiger charge is -2.46. The van der Waals surface area contributed by atoms with Crippen LogP contribution in [0.3, 0.4) is 0 Å². The van der Waals surface area contributed by atoms with Crippen molar-refractivity contribution in [2.24, 2.45) is 11.3 Å². The first-order valence-electron chi connectivity index (χ1n) is 7.96. The number of fused-ring (bicyclic) bond motifs is 1. The van der Waals surface area contributed by atoms with Crippen LogP contribution in [0.2, 0.25) is 0 Å². The summed E-state index contributed by atoms with van der Waals surface area (Å²) in [4.78, 5) is 2.32. The van der Waals surface area contributed by atoms with Gasteiger partial charge in [-0.2, -0.15) is 0 Å². The molecule has 0 amide bonds. The average Bonchev–Trinajstić information content (AvgIpc) is 2.60. The van der Waals surface area contributed by atoms with Gasteiger partial charge in [-0.1, -0.05) is 13.8 Å². The maximum absolute atomic E-state index is 13.9. The molecule has 1 unspecified atom stereocenters. The number of halogens is 1. The average molecular weight is 291 g/mol. The van der Waals surface area contributed by atoms with Gasteiger partial charge in [0.1, 0.15) is 5.82 Å². The summed E-state index contributed by atoms with van der Waals surface area (Å²) in [5.74, 6) is 0.104. The number of aryl methyl sites for hydroxylation is 1. The van der Waals surface area contributed by atoms with Gasteiger partial charge in [-0.25, -0.2) is 4.39 Å². The van der Waals surface area contributed by atoms with E-state index in [1.165, 1.54) is 0 Å². The molecule has 1 atom stereocenters. The number of piperidine rings is 1. The lowest BCUT2D eigenvalue weighted by atomic mass is 9.65. The second-order valence-corrected chi connectivity index (χ2v) is 7.66. The number of likely N-dealkylation sites (tertiary alicyclic amines) is 1. The predicted octanol–water partition coefficient (Wildman–Crippen LogP) is 3.25. The zero-order chi connectivity index (χ0) is 15.4. The van der Waals surface area contributed by atoms with Crippen LogP contribution in [0.15, 0.2) is 12.1 Å². The zero-order valence-corrected chi connectivity index (χ0v) is 13.5.